The van der Waals surface area contributed by atoms with E-state index in [-0.39, 0.29) is 11.7 Å². The third kappa shape index (κ3) is 4.29. The number of aromatic nitrogens is 1. The monoisotopic (exact) mass is 375 g/mol. The molecule has 4 nitrogen and oxygen atoms in total. The van der Waals surface area contributed by atoms with Gasteiger partial charge in [0.25, 0.3) is 0 Å². The number of thioether (sulfide) groups is 1. The van der Waals surface area contributed by atoms with E-state index in [4.69, 9.17) is 0 Å². The standard InChI is InChI=1S/C22H21N3OS/c1-13-5-6-19-17(9-13)10-18(11-23)22(24-19)27-12-20(26)25-21-15(3)7-14(2)8-16(21)4/h5-10H,12H2,1-4H3,(H,25,26). The molecule has 136 valence electrons. The average Bonchev–Trinajstić information content (AvgIpc) is 2.62. The molecular formula is C22H21N3OS. The molecule has 2 aromatic carbocycles. The minimum absolute atomic E-state index is 0.107. The molecule has 1 amide bonds. The molecule has 0 aliphatic carbocycles. The highest BCUT2D eigenvalue weighted by Crippen LogP contribution is 2.26. The van der Waals surface area contributed by atoms with Gasteiger partial charge < -0.3 is 5.32 Å². The third-order valence-electron chi connectivity index (χ3n) is 4.34. The molecular weight excluding hydrogens is 354 g/mol. The number of amides is 1. The molecule has 0 unspecified atom stereocenters. The van der Waals surface area contributed by atoms with Crippen LogP contribution in [0.2, 0.25) is 0 Å². The van der Waals surface area contributed by atoms with Gasteiger partial charge in [0.2, 0.25) is 5.91 Å². The van der Waals surface area contributed by atoms with Crippen molar-refractivity contribution < 1.29 is 4.79 Å². The van der Waals surface area contributed by atoms with Crippen LogP contribution in [0.3, 0.4) is 0 Å². The molecule has 1 heterocycles. The van der Waals surface area contributed by atoms with E-state index in [1.165, 1.54) is 17.3 Å². The molecule has 0 radical (unpaired) electrons. The van der Waals surface area contributed by atoms with Crippen LogP contribution >= 0.6 is 11.8 Å². The van der Waals surface area contributed by atoms with Gasteiger partial charge in [0.1, 0.15) is 11.1 Å². The zero-order valence-corrected chi connectivity index (χ0v) is 16.7. The highest BCUT2D eigenvalue weighted by Gasteiger charge is 2.12. The number of hydrogen-bond acceptors (Lipinski definition) is 4. The Morgan fingerprint density at radius 3 is 2.44 bits per heavy atom. The summed E-state index contributed by atoms with van der Waals surface area (Å²) in [6.45, 7) is 8.03. The Kier molecular flexibility index (Phi) is 5.48. The van der Waals surface area contributed by atoms with Crippen molar-refractivity contribution in [2.24, 2.45) is 0 Å². The van der Waals surface area contributed by atoms with Gasteiger partial charge in [0, 0.05) is 11.1 Å². The van der Waals surface area contributed by atoms with E-state index in [1.54, 1.807) is 0 Å². The number of nitrogens with zero attached hydrogens (tertiary/aromatic N) is 2. The van der Waals surface area contributed by atoms with E-state index in [0.29, 0.717) is 10.6 Å². The van der Waals surface area contributed by atoms with Crippen molar-refractivity contribution in [2.75, 3.05) is 11.1 Å². The Labute approximate surface area is 163 Å². The number of fused-ring (bicyclic) bond motifs is 1. The molecule has 3 rings (SSSR count). The number of aryl methyl sites for hydroxylation is 4. The van der Waals surface area contributed by atoms with Crippen LogP contribution in [0.1, 0.15) is 27.8 Å². The van der Waals surface area contributed by atoms with E-state index in [2.05, 4.69) is 28.5 Å². The van der Waals surface area contributed by atoms with Crippen molar-refractivity contribution in [3.8, 4) is 6.07 Å². The summed E-state index contributed by atoms with van der Waals surface area (Å²) in [5, 5.41) is 14.0. The van der Waals surface area contributed by atoms with Gasteiger partial charge in [-0.25, -0.2) is 4.98 Å². The Hall–Kier alpha value is -2.84. The minimum atomic E-state index is -0.107. The normalized spacial score (nSPS) is 10.6. The van der Waals surface area contributed by atoms with Crippen molar-refractivity contribution in [2.45, 2.75) is 32.7 Å². The van der Waals surface area contributed by atoms with Gasteiger partial charge in [0.05, 0.1) is 16.8 Å². The van der Waals surface area contributed by atoms with Crippen LogP contribution < -0.4 is 5.32 Å². The van der Waals surface area contributed by atoms with Gasteiger partial charge in [-0.05, 0) is 57.0 Å². The van der Waals surface area contributed by atoms with E-state index in [9.17, 15) is 10.1 Å². The van der Waals surface area contributed by atoms with Gasteiger partial charge >= 0.3 is 0 Å². The van der Waals surface area contributed by atoms with Crippen LogP contribution in [-0.4, -0.2) is 16.6 Å². The summed E-state index contributed by atoms with van der Waals surface area (Å²) in [6, 6.07) is 14.1. The van der Waals surface area contributed by atoms with E-state index in [0.717, 1.165) is 33.3 Å². The molecule has 27 heavy (non-hydrogen) atoms. The lowest BCUT2D eigenvalue weighted by atomic mass is 10.1. The summed E-state index contributed by atoms with van der Waals surface area (Å²) in [5.74, 6) is 0.0935. The first-order valence-corrected chi connectivity index (χ1v) is 9.68. The Morgan fingerprint density at radius 2 is 1.78 bits per heavy atom. The summed E-state index contributed by atoms with van der Waals surface area (Å²) in [5.41, 5.74) is 6.56. The number of hydrogen-bond donors (Lipinski definition) is 1. The lowest BCUT2D eigenvalue weighted by Crippen LogP contribution is -2.16. The summed E-state index contributed by atoms with van der Waals surface area (Å²) >= 11 is 1.29. The van der Waals surface area contributed by atoms with Crippen molar-refractivity contribution in [3.63, 3.8) is 0 Å². The fourth-order valence-electron chi connectivity index (χ4n) is 3.15. The maximum absolute atomic E-state index is 12.4. The van der Waals surface area contributed by atoms with Crippen LogP contribution in [0.15, 0.2) is 41.4 Å². The second kappa shape index (κ2) is 7.81. The van der Waals surface area contributed by atoms with Crippen LogP contribution in [-0.2, 0) is 4.79 Å². The molecule has 0 spiro atoms. The first kappa shape index (κ1) is 18.9. The largest absolute Gasteiger partial charge is 0.325 e. The smallest absolute Gasteiger partial charge is 0.234 e. The highest BCUT2D eigenvalue weighted by molar-refractivity contribution is 8.00. The fourth-order valence-corrected chi connectivity index (χ4v) is 3.92. The van der Waals surface area contributed by atoms with Crippen molar-refractivity contribution >= 4 is 34.3 Å². The Morgan fingerprint density at radius 1 is 1.07 bits per heavy atom. The third-order valence-corrected chi connectivity index (χ3v) is 5.33. The van der Waals surface area contributed by atoms with Gasteiger partial charge in [-0.1, -0.05) is 41.1 Å². The lowest BCUT2D eigenvalue weighted by molar-refractivity contribution is -0.113. The number of nitrogens with one attached hydrogen (secondary N) is 1. The fraction of sp³-hybridized carbons (Fsp3) is 0.227. The van der Waals surface area contributed by atoms with Crippen LogP contribution in [0, 0.1) is 39.0 Å². The molecule has 0 fully saturated rings. The Balaban J connectivity index is 1.77. The number of carbonyl (C=O) groups excluding carboxylic acids is 1. The molecule has 5 heteroatoms. The van der Waals surface area contributed by atoms with Crippen molar-refractivity contribution in [1.29, 1.82) is 5.26 Å². The first-order chi connectivity index (χ1) is 12.9. The maximum atomic E-state index is 12.4. The molecule has 0 aliphatic heterocycles. The molecule has 0 saturated heterocycles. The second-order valence-electron chi connectivity index (χ2n) is 6.76. The van der Waals surface area contributed by atoms with Gasteiger partial charge in [-0.15, -0.1) is 0 Å². The molecule has 0 aliphatic rings. The van der Waals surface area contributed by atoms with Crippen LogP contribution in [0.4, 0.5) is 5.69 Å². The van der Waals surface area contributed by atoms with Gasteiger partial charge in [-0.2, -0.15) is 5.26 Å². The number of anilines is 1. The first-order valence-electron chi connectivity index (χ1n) is 8.69. The van der Waals surface area contributed by atoms with Crippen LogP contribution in [0.5, 0.6) is 0 Å². The molecule has 1 N–H and O–H groups in total. The zero-order chi connectivity index (χ0) is 19.6. The number of nitriles is 1. The van der Waals surface area contributed by atoms with Crippen molar-refractivity contribution in [1.82, 2.24) is 4.98 Å². The molecule has 0 atom stereocenters. The molecule has 0 bridgehead atoms. The summed E-state index contributed by atoms with van der Waals surface area (Å²) in [4.78, 5) is 17.0. The molecule has 0 saturated carbocycles. The highest BCUT2D eigenvalue weighted by atomic mass is 32.2. The Bertz CT molecular complexity index is 1060. The quantitative estimate of drug-likeness (QED) is 0.647. The second-order valence-corrected chi connectivity index (χ2v) is 7.72. The number of rotatable bonds is 4. The average molecular weight is 375 g/mol. The van der Waals surface area contributed by atoms with E-state index >= 15 is 0 Å². The van der Waals surface area contributed by atoms with Gasteiger partial charge in [-0.3, -0.25) is 4.79 Å². The summed E-state index contributed by atoms with van der Waals surface area (Å²) in [7, 11) is 0. The molecule has 1 aromatic heterocycles. The number of benzene rings is 2. The maximum Gasteiger partial charge on any atom is 0.234 e. The zero-order valence-electron chi connectivity index (χ0n) is 15.9. The number of pyridine rings is 1. The number of carbonyl (C=O) groups is 1. The minimum Gasteiger partial charge on any atom is -0.325 e. The SMILES string of the molecule is Cc1cc(C)c(NC(=O)CSc2nc3ccc(C)cc3cc2C#N)c(C)c1. The molecule has 3 aromatic rings. The van der Waals surface area contributed by atoms with E-state index in [1.807, 2.05) is 52.0 Å². The van der Waals surface area contributed by atoms with E-state index < -0.39 is 0 Å². The lowest BCUT2D eigenvalue weighted by Gasteiger charge is -2.13. The van der Waals surface area contributed by atoms with Crippen LogP contribution in [0.25, 0.3) is 10.9 Å². The summed E-state index contributed by atoms with van der Waals surface area (Å²) < 4.78 is 0. The topological polar surface area (TPSA) is 65.8 Å². The predicted octanol–water partition coefficient (Wildman–Crippen LogP) is 5.07. The van der Waals surface area contributed by atoms with Gasteiger partial charge in [0.15, 0.2) is 0 Å². The predicted molar refractivity (Wildman–Crippen MR) is 111 cm³/mol. The summed E-state index contributed by atoms with van der Waals surface area (Å²) in [6.07, 6.45) is 0. The van der Waals surface area contributed by atoms with Crippen molar-refractivity contribution in [3.05, 3.63) is 64.2 Å².